The highest BCUT2D eigenvalue weighted by Gasteiger charge is 2.22. The lowest BCUT2D eigenvalue weighted by molar-refractivity contribution is -0.118. The molecular weight excluding hydrogens is 428 g/mol. The zero-order valence-corrected chi connectivity index (χ0v) is 18.8. The molecule has 1 heterocycles. The van der Waals surface area contributed by atoms with Crippen molar-refractivity contribution in [2.75, 3.05) is 13.2 Å². The number of halogens is 1. The zero-order chi connectivity index (χ0) is 21.6. The van der Waals surface area contributed by atoms with Gasteiger partial charge in [0, 0.05) is 18.2 Å². The zero-order valence-electron chi connectivity index (χ0n) is 17.2. The number of hydrogen-bond donors (Lipinski definition) is 0. The first-order valence-corrected chi connectivity index (χ1v) is 11.4. The Kier molecular flexibility index (Phi) is 6.97. The van der Waals surface area contributed by atoms with Gasteiger partial charge in [-0.3, -0.25) is 4.79 Å². The van der Waals surface area contributed by atoms with Crippen molar-refractivity contribution in [3.8, 4) is 0 Å². The molecule has 1 amide bonds. The average molecular weight is 451 g/mol. The molecule has 0 fully saturated rings. The Bertz CT molecular complexity index is 1190. The summed E-state index contributed by atoms with van der Waals surface area (Å²) in [6.45, 7) is 3.77. The van der Waals surface area contributed by atoms with Crippen molar-refractivity contribution < 1.29 is 9.53 Å². The summed E-state index contributed by atoms with van der Waals surface area (Å²) >= 11 is 7.67. The molecule has 4 nitrogen and oxygen atoms in total. The monoisotopic (exact) mass is 450 g/mol. The summed E-state index contributed by atoms with van der Waals surface area (Å²) in [5.74, 6) is -0.656. The maximum atomic E-state index is 13.5. The van der Waals surface area contributed by atoms with Gasteiger partial charge in [0.15, 0.2) is 4.80 Å². The maximum absolute atomic E-state index is 13.5. The van der Waals surface area contributed by atoms with Crippen LogP contribution in [0.3, 0.4) is 0 Å². The topological polar surface area (TPSA) is 43.6 Å². The van der Waals surface area contributed by atoms with Crippen molar-refractivity contribution in [2.45, 2.75) is 19.4 Å². The minimum Gasteiger partial charge on any atom is -0.380 e. The molecule has 0 saturated heterocycles. The lowest BCUT2D eigenvalue weighted by Crippen LogP contribution is -2.22. The van der Waals surface area contributed by atoms with Crippen molar-refractivity contribution in [1.82, 2.24) is 4.57 Å². The van der Waals surface area contributed by atoms with Crippen LogP contribution in [0.15, 0.2) is 83.9 Å². The van der Waals surface area contributed by atoms with Crippen LogP contribution in [-0.4, -0.2) is 23.7 Å². The van der Waals surface area contributed by atoms with Gasteiger partial charge in [-0.1, -0.05) is 83.6 Å². The fourth-order valence-electron chi connectivity index (χ4n) is 3.58. The minimum atomic E-state index is -0.462. The third kappa shape index (κ3) is 4.96. The molecule has 158 valence electrons. The van der Waals surface area contributed by atoms with E-state index in [-0.39, 0.29) is 5.91 Å². The Morgan fingerprint density at radius 1 is 1.03 bits per heavy atom. The van der Waals surface area contributed by atoms with E-state index in [0.717, 1.165) is 21.3 Å². The number of ether oxygens (including phenoxy) is 1. The Hall–Kier alpha value is -2.73. The number of nitrogens with zero attached hydrogens (tertiary/aromatic N) is 2. The Morgan fingerprint density at radius 2 is 1.68 bits per heavy atom. The predicted molar refractivity (Wildman–Crippen MR) is 127 cm³/mol. The maximum Gasteiger partial charge on any atom is 0.260 e. The standard InChI is InChI=1S/C25H23ClN2O2S/c1-2-30-16-15-28-21-14-13-20(26)17-22(21)31-25(28)27-24(29)23(18-9-5-3-6-10-18)19-11-7-4-8-12-19/h3-14,17,23H,2,15-16H2,1H3. The third-order valence-corrected chi connectivity index (χ3v) is 6.30. The number of hydrogen-bond acceptors (Lipinski definition) is 3. The first-order valence-electron chi connectivity index (χ1n) is 10.2. The van der Waals surface area contributed by atoms with Gasteiger partial charge in [0.2, 0.25) is 0 Å². The summed E-state index contributed by atoms with van der Waals surface area (Å²) in [5.41, 5.74) is 2.84. The Morgan fingerprint density at radius 3 is 2.29 bits per heavy atom. The lowest BCUT2D eigenvalue weighted by Gasteiger charge is -2.14. The van der Waals surface area contributed by atoms with Crippen LogP contribution in [0.25, 0.3) is 10.2 Å². The molecule has 0 bridgehead atoms. The molecule has 1 aromatic heterocycles. The van der Waals surface area contributed by atoms with E-state index < -0.39 is 5.92 Å². The Balaban J connectivity index is 1.81. The van der Waals surface area contributed by atoms with E-state index >= 15 is 0 Å². The number of fused-ring (bicyclic) bond motifs is 1. The van der Waals surface area contributed by atoms with E-state index in [1.807, 2.05) is 90.4 Å². The highest BCUT2D eigenvalue weighted by molar-refractivity contribution is 7.16. The van der Waals surface area contributed by atoms with E-state index in [2.05, 4.69) is 4.99 Å². The van der Waals surface area contributed by atoms with Crippen LogP contribution in [0, 0.1) is 0 Å². The molecule has 0 saturated carbocycles. The number of thiazole rings is 1. The second-order valence-corrected chi connectivity index (χ2v) is 8.50. The molecule has 0 N–H and O–H groups in total. The fourth-order valence-corrected chi connectivity index (χ4v) is 4.91. The smallest absolute Gasteiger partial charge is 0.260 e. The van der Waals surface area contributed by atoms with Gasteiger partial charge in [-0.25, -0.2) is 0 Å². The van der Waals surface area contributed by atoms with Gasteiger partial charge >= 0.3 is 0 Å². The summed E-state index contributed by atoms with van der Waals surface area (Å²) in [7, 11) is 0. The van der Waals surface area contributed by atoms with Gasteiger partial charge in [0.05, 0.1) is 22.7 Å². The first-order chi connectivity index (χ1) is 15.2. The SMILES string of the molecule is CCOCCn1c(=NC(=O)C(c2ccccc2)c2ccccc2)sc2cc(Cl)ccc21. The summed E-state index contributed by atoms with van der Waals surface area (Å²) in [6, 6.07) is 25.3. The predicted octanol–water partition coefficient (Wildman–Crippen LogP) is 5.65. The van der Waals surface area contributed by atoms with Crippen LogP contribution < -0.4 is 4.80 Å². The number of carbonyl (C=O) groups excluding carboxylic acids is 1. The van der Waals surface area contributed by atoms with Gasteiger partial charge in [-0.15, -0.1) is 0 Å². The fraction of sp³-hybridized carbons (Fsp3) is 0.200. The molecule has 0 aliphatic heterocycles. The van der Waals surface area contributed by atoms with Crippen molar-refractivity contribution in [3.05, 3.63) is 99.8 Å². The highest BCUT2D eigenvalue weighted by Crippen LogP contribution is 2.26. The van der Waals surface area contributed by atoms with Crippen LogP contribution >= 0.6 is 22.9 Å². The van der Waals surface area contributed by atoms with E-state index in [1.165, 1.54) is 11.3 Å². The molecule has 4 aromatic rings. The van der Waals surface area contributed by atoms with E-state index in [0.29, 0.717) is 29.6 Å². The van der Waals surface area contributed by atoms with Crippen molar-refractivity contribution in [1.29, 1.82) is 0 Å². The molecule has 31 heavy (non-hydrogen) atoms. The number of carbonyl (C=O) groups is 1. The van der Waals surface area contributed by atoms with E-state index in [1.54, 1.807) is 0 Å². The molecule has 4 rings (SSSR count). The van der Waals surface area contributed by atoms with Crippen molar-refractivity contribution in [2.24, 2.45) is 4.99 Å². The third-order valence-electron chi connectivity index (χ3n) is 5.03. The first kappa shape index (κ1) is 21.5. The van der Waals surface area contributed by atoms with E-state index in [4.69, 9.17) is 16.3 Å². The molecule has 3 aromatic carbocycles. The van der Waals surface area contributed by atoms with Crippen LogP contribution in [0.1, 0.15) is 24.0 Å². The summed E-state index contributed by atoms with van der Waals surface area (Å²) in [6.07, 6.45) is 0. The average Bonchev–Trinajstić information content (AvgIpc) is 3.11. The highest BCUT2D eigenvalue weighted by atomic mass is 35.5. The quantitative estimate of drug-likeness (QED) is 0.341. The largest absolute Gasteiger partial charge is 0.380 e. The van der Waals surface area contributed by atoms with Crippen LogP contribution in [0.2, 0.25) is 5.02 Å². The van der Waals surface area contributed by atoms with Crippen LogP contribution in [0.5, 0.6) is 0 Å². The van der Waals surface area contributed by atoms with Gasteiger partial charge in [-0.2, -0.15) is 4.99 Å². The van der Waals surface area contributed by atoms with Crippen LogP contribution in [-0.2, 0) is 16.1 Å². The number of amides is 1. The number of aromatic nitrogens is 1. The Labute approximate surface area is 190 Å². The van der Waals surface area contributed by atoms with E-state index in [9.17, 15) is 4.79 Å². The molecule has 0 spiro atoms. The molecular formula is C25H23ClN2O2S. The van der Waals surface area contributed by atoms with Crippen LogP contribution in [0.4, 0.5) is 0 Å². The normalized spacial score (nSPS) is 12.0. The van der Waals surface area contributed by atoms with Gasteiger partial charge in [0.1, 0.15) is 0 Å². The second kappa shape index (κ2) is 10.1. The van der Waals surface area contributed by atoms with Crippen molar-refractivity contribution in [3.63, 3.8) is 0 Å². The molecule has 0 radical (unpaired) electrons. The van der Waals surface area contributed by atoms with Crippen molar-refractivity contribution >= 4 is 39.1 Å². The summed E-state index contributed by atoms with van der Waals surface area (Å²) < 4.78 is 8.59. The van der Waals surface area contributed by atoms with Gasteiger partial charge in [-0.05, 0) is 36.2 Å². The molecule has 0 aliphatic carbocycles. The van der Waals surface area contributed by atoms with Gasteiger partial charge in [0.25, 0.3) is 5.91 Å². The second-order valence-electron chi connectivity index (χ2n) is 7.05. The minimum absolute atomic E-state index is 0.194. The molecule has 0 atom stereocenters. The molecule has 0 unspecified atom stereocenters. The number of rotatable bonds is 7. The lowest BCUT2D eigenvalue weighted by atomic mass is 9.91. The summed E-state index contributed by atoms with van der Waals surface area (Å²) in [4.78, 5) is 18.8. The summed E-state index contributed by atoms with van der Waals surface area (Å²) in [5, 5.41) is 0.662. The van der Waals surface area contributed by atoms with Gasteiger partial charge < -0.3 is 9.30 Å². The number of benzene rings is 3. The molecule has 0 aliphatic rings. The molecule has 6 heteroatoms.